The van der Waals surface area contributed by atoms with Crippen LogP contribution in [0, 0.1) is 12.8 Å². The molecular weight excluding hydrogens is 292 g/mol. The van der Waals surface area contributed by atoms with Gasteiger partial charge in [-0.2, -0.15) is 11.8 Å². The Kier molecular flexibility index (Phi) is 5.29. The van der Waals surface area contributed by atoms with Crippen molar-refractivity contribution in [1.29, 1.82) is 0 Å². The smallest absolute Gasteiger partial charge is 0.222 e. The molecule has 1 aromatic carbocycles. The minimum absolute atomic E-state index is 0.372. The van der Waals surface area contributed by atoms with Crippen molar-refractivity contribution in [3.63, 3.8) is 0 Å². The SMILES string of the molecule is Cc1cccc(N2CCN(C(=O)CC3CCCSC3)CC2)c1. The molecule has 3 nitrogen and oxygen atoms in total. The van der Waals surface area contributed by atoms with Crippen molar-refractivity contribution < 1.29 is 4.79 Å². The summed E-state index contributed by atoms with van der Waals surface area (Å²) in [5.41, 5.74) is 2.58. The van der Waals surface area contributed by atoms with Gasteiger partial charge in [0.15, 0.2) is 0 Å². The summed E-state index contributed by atoms with van der Waals surface area (Å²) in [5, 5.41) is 0. The first kappa shape index (κ1) is 15.7. The van der Waals surface area contributed by atoms with Gasteiger partial charge in [0.1, 0.15) is 0 Å². The van der Waals surface area contributed by atoms with Crippen molar-refractivity contribution in [2.75, 3.05) is 42.6 Å². The van der Waals surface area contributed by atoms with E-state index in [1.807, 2.05) is 11.8 Å². The van der Waals surface area contributed by atoms with Crippen molar-refractivity contribution in [1.82, 2.24) is 4.90 Å². The number of carbonyl (C=O) groups excluding carboxylic acids is 1. The van der Waals surface area contributed by atoms with Gasteiger partial charge in [-0.3, -0.25) is 4.79 Å². The number of amides is 1. The van der Waals surface area contributed by atoms with Crippen LogP contribution in [0.1, 0.15) is 24.8 Å². The molecular formula is C18H26N2OS. The average Bonchev–Trinajstić information content (AvgIpc) is 2.56. The molecule has 2 heterocycles. The second-order valence-corrected chi connectivity index (χ2v) is 7.64. The van der Waals surface area contributed by atoms with E-state index < -0.39 is 0 Å². The number of piperazine rings is 1. The summed E-state index contributed by atoms with van der Waals surface area (Å²) in [7, 11) is 0. The summed E-state index contributed by atoms with van der Waals surface area (Å²) in [4.78, 5) is 16.9. The molecule has 3 rings (SSSR count). The minimum atomic E-state index is 0.372. The summed E-state index contributed by atoms with van der Waals surface area (Å²) in [5.74, 6) is 3.44. The predicted octanol–water partition coefficient (Wildman–Crippen LogP) is 3.18. The lowest BCUT2D eigenvalue weighted by molar-refractivity contribution is -0.132. The third-order valence-corrected chi connectivity index (χ3v) is 6.00. The van der Waals surface area contributed by atoms with E-state index in [-0.39, 0.29) is 0 Å². The van der Waals surface area contributed by atoms with Gasteiger partial charge < -0.3 is 9.80 Å². The molecule has 0 N–H and O–H groups in total. The van der Waals surface area contributed by atoms with Crippen LogP contribution in [0.4, 0.5) is 5.69 Å². The quantitative estimate of drug-likeness (QED) is 0.855. The topological polar surface area (TPSA) is 23.6 Å². The van der Waals surface area contributed by atoms with Crippen LogP contribution in [0.15, 0.2) is 24.3 Å². The second-order valence-electron chi connectivity index (χ2n) is 6.49. The number of nitrogens with zero attached hydrogens (tertiary/aromatic N) is 2. The Balaban J connectivity index is 1.49. The van der Waals surface area contributed by atoms with Crippen molar-refractivity contribution in [2.45, 2.75) is 26.2 Å². The monoisotopic (exact) mass is 318 g/mol. The van der Waals surface area contributed by atoms with E-state index in [2.05, 4.69) is 41.0 Å². The predicted molar refractivity (Wildman–Crippen MR) is 94.6 cm³/mol. The first-order chi connectivity index (χ1) is 10.7. The Morgan fingerprint density at radius 2 is 2.09 bits per heavy atom. The number of anilines is 1. The van der Waals surface area contributed by atoms with E-state index in [0.29, 0.717) is 11.8 Å². The van der Waals surface area contributed by atoms with Crippen LogP contribution >= 0.6 is 11.8 Å². The Labute approximate surface area is 138 Å². The average molecular weight is 318 g/mol. The summed E-state index contributed by atoms with van der Waals surface area (Å²) < 4.78 is 0. The van der Waals surface area contributed by atoms with Gasteiger partial charge in [-0.1, -0.05) is 12.1 Å². The molecule has 22 heavy (non-hydrogen) atoms. The highest BCUT2D eigenvalue weighted by Crippen LogP contribution is 2.26. The van der Waals surface area contributed by atoms with Crippen molar-refractivity contribution in [3.8, 4) is 0 Å². The molecule has 0 spiro atoms. The molecule has 2 aliphatic heterocycles. The Morgan fingerprint density at radius 1 is 1.27 bits per heavy atom. The van der Waals surface area contributed by atoms with E-state index in [9.17, 15) is 4.79 Å². The number of benzene rings is 1. The number of aryl methyl sites for hydroxylation is 1. The fourth-order valence-corrected chi connectivity index (χ4v) is 4.54. The fraction of sp³-hybridized carbons (Fsp3) is 0.611. The standard InChI is InChI=1S/C18H26N2OS/c1-15-4-2-6-17(12-15)19-7-9-20(10-8-19)18(21)13-16-5-3-11-22-14-16/h2,4,6,12,16H,3,5,7-11,13-14H2,1H3. The molecule has 120 valence electrons. The zero-order valence-electron chi connectivity index (χ0n) is 13.5. The third kappa shape index (κ3) is 3.97. The van der Waals surface area contributed by atoms with Gasteiger partial charge >= 0.3 is 0 Å². The third-order valence-electron chi connectivity index (χ3n) is 4.72. The Morgan fingerprint density at radius 3 is 2.77 bits per heavy atom. The lowest BCUT2D eigenvalue weighted by atomic mass is 10.0. The summed E-state index contributed by atoms with van der Waals surface area (Å²) in [6.45, 7) is 5.77. The number of rotatable bonds is 3. The van der Waals surface area contributed by atoms with Crippen LogP contribution in [0.25, 0.3) is 0 Å². The fourth-order valence-electron chi connectivity index (χ4n) is 3.38. The molecule has 0 saturated carbocycles. The van der Waals surface area contributed by atoms with E-state index in [1.165, 1.54) is 35.6 Å². The van der Waals surface area contributed by atoms with Gasteiger partial charge in [0.2, 0.25) is 5.91 Å². The Bertz CT molecular complexity index is 506. The summed E-state index contributed by atoms with van der Waals surface area (Å²) >= 11 is 2.01. The van der Waals surface area contributed by atoms with Gasteiger partial charge in [-0.15, -0.1) is 0 Å². The van der Waals surface area contributed by atoms with Crippen LogP contribution < -0.4 is 4.90 Å². The van der Waals surface area contributed by atoms with Gasteiger partial charge in [0, 0.05) is 38.3 Å². The van der Waals surface area contributed by atoms with E-state index in [1.54, 1.807) is 0 Å². The van der Waals surface area contributed by atoms with Gasteiger partial charge in [-0.25, -0.2) is 0 Å². The lowest BCUT2D eigenvalue weighted by Crippen LogP contribution is -2.49. The molecule has 1 aromatic rings. The number of hydrogen-bond donors (Lipinski definition) is 0. The normalized spacial score (nSPS) is 22.7. The molecule has 2 fully saturated rings. The van der Waals surface area contributed by atoms with Crippen molar-refractivity contribution >= 4 is 23.4 Å². The highest BCUT2D eigenvalue weighted by atomic mass is 32.2. The zero-order valence-corrected chi connectivity index (χ0v) is 14.3. The van der Waals surface area contributed by atoms with Crippen molar-refractivity contribution in [2.24, 2.45) is 5.92 Å². The molecule has 2 saturated heterocycles. The molecule has 0 radical (unpaired) electrons. The molecule has 2 aliphatic rings. The summed E-state index contributed by atoms with van der Waals surface area (Å²) in [6.07, 6.45) is 3.28. The van der Waals surface area contributed by atoms with Crippen molar-refractivity contribution in [3.05, 3.63) is 29.8 Å². The molecule has 4 heteroatoms. The molecule has 1 amide bonds. The van der Waals surface area contributed by atoms with Crippen LogP contribution in [-0.4, -0.2) is 48.5 Å². The first-order valence-electron chi connectivity index (χ1n) is 8.39. The zero-order chi connectivity index (χ0) is 15.4. The number of hydrogen-bond acceptors (Lipinski definition) is 3. The maximum atomic E-state index is 12.5. The van der Waals surface area contributed by atoms with Crippen LogP contribution in [0.3, 0.4) is 0 Å². The van der Waals surface area contributed by atoms with Crippen LogP contribution in [0.2, 0.25) is 0 Å². The molecule has 1 unspecified atom stereocenters. The Hall–Kier alpha value is -1.16. The van der Waals surface area contributed by atoms with Crippen LogP contribution in [-0.2, 0) is 4.79 Å². The largest absolute Gasteiger partial charge is 0.368 e. The molecule has 0 aliphatic carbocycles. The maximum Gasteiger partial charge on any atom is 0.222 e. The number of carbonyl (C=O) groups is 1. The second kappa shape index (κ2) is 7.40. The van der Waals surface area contributed by atoms with E-state index in [4.69, 9.17) is 0 Å². The molecule has 0 aromatic heterocycles. The van der Waals surface area contributed by atoms with Gasteiger partial charge in [0.25, 0.3) is 0 Å². The van der Waals surface area contributed by atoms with Crippen LogP contribution in [0.5, 0.6) is 0 Å². The van der Waals surface area contributed by atoms with Gasteiger partial charge in [-0.05, 0) is 54.9 Å². The maximum absolute atomic E-state index is 12.5. The first-order valence-corrected chi connectivity index (χ1v) is 9.55. The van der Waals surface area contributed by atoms with E-state index in [0.717, 1.165) is 32.6 Å². The highest BCUT2D eigenvalue weighted by Gasteiger charge is 2.24. The molecule has 1 atom stereocenters. The van der Waals surface area contributed by atoms with Gasteiger partial charge in [0.05, 0.1) is 0 Å². The lowest BCUT2D eigenvalue weighted by Gasteiger charge is -2.37. The van der Waals surface area contributed by atoms with E-state index >= 15 is 0 Å². The minimum Gasteiger partial charge on any atom is -0.368 e. The number of thioether (sulfide) groups is 1. The summed E-state index contributed by atoms with van der Waals surface area (Å²) in [6, 6.07) is 8.65. The molecule has 0 bridgehead atoms. The highest BCUT2D eigenvalue weighted by molar-refractivity contribution is 7.99.